The molecule has 0 atom stereocenters. The summed E-state index contributed by atoms with van der Waals surface area (Å²) in [5, 5.41) is 8.53. The van der Waals surface area contributed by atoms with Gasteiger partial charge in [0.25, 0.3) is 0 Å². The lowest BCUT2D eigenvalue weighted by atomic mass is 10.1. The first-order valence-electron chi connectivity index (χ1n) is 8.66. The van der Waals surface area contributed by atoms with Gasteiger partial charge in [0.05, 0.1) is 19.3 Å². The lowest BCUT2D eigenvalue weighted by molar-refractivity contribution is -0.129. The number of hydrogen-bond acceptors (Lipinski definition) is 4. The van der Waals surface area contributed by atoms with Crippen LogP contribution in [-0.4, -0.2) is 24.1 Å². The molecule has 0 saturated heterocycles. The van der Waals surface area contributed by atoms with Crippen LogP contribution >= 0.6 is 15.9 Å². The fraction of sp³-hybridized carbons (Fsp3) is 0.300. The zero-order chi connectivity index (χ0) is 19.6. The molecule has 27 heavy (non-hydrogen) atoms. The lowest BCUT2D eigenvalue weighted by Crippen LogP contribution is -2.30. The maximum Gasteiger partial charge on any atom is 0.243 e. The summed E-state index contributed by atoms with van der Waals surface area (Å²) in [6.45, 7) is 0.412. The second-order valence-electron chi connectivity index (χ2n) is 6.02. The molecule has 0 unspecified atom stereocenters. The lowest BCUT2D eigenvalue weighted by Gasteiger charge is -2.25. The Labute approximate surface area is 167 Å². The van der Waals surface area contributed by atoms with E-state index in [-0.39, 0.29) is 12.3 Å². The van der Waals surface area contributed by atoms with E-state index in [1.165, 1.54) is 0 Å². The summed E-state index contributed by atoms with van der Waals surface area (Å²) >= 11 is 3.46. The number of unbranched alkanes of at least 4 members (excludes halogenated alkanes) is 1. The van der Waals surface area contributed by atoms with Crippen LogP contribution in [0.5, 0.6) is 5.75 Å². The predicted octanol–water partition coefficient (Wildman–Crippen LogP) is 4.06. The van der Waals surface area contributed by atoms with E-state index in [0.29, 0.717) is 37.2 Å². The number of para-hydroxylation sites is 2. The zero-order valence-electron chi connectivity index (χ0n) is 15.2. The van der Waals surface area contributed by atoms with Crippen LogP contribution in [-0.2, 0) is 16.1 Å². The van der Waals surface area contributed by atoms with Crippen LogP contribution in [0.4, 0.5) is 5.69 Å². The van der Waals surface area contributed by atoms with Gasteiger partial charge in [0.1, 0.15) is 5.75 Å². The summed E-state index contributed by atoms with van der Waals surface area (Å²) in [6.07, 6.45) is 1.56. The van der Waals surface area contributed by atoms with Gasteiger partial charge in [0, 0.05) is 17.3 Å². The van der Waals surface area contributed by atoms with E-state index in [1.807, 2.05) is 48.5 Å². The van der Waals surface area contributed by atoms with Gasteiger partial charge >= 0.3 is 0 Å². The molecule has 0 aliphatic rings. The number of amides is 2. The number of nitrogens with one attached hydrogen (secondary N) is 1. The van der Waals surface area contributed by atoms with E-state index >= 15 is 0 Å². The van der Waals surface area contributed by atoms with E-state index in [2.05, 4.69) is 15.9 Å². The van der Waals surface area contributed by atoms with Crippen molar-refractivity contribution in [2.24, 2.45) is 0 Å². The molecule has 0 bridgehead atoms. The molecule has 0 heterocycles. The fourth-order valence-corrected chi connectivity index (χ4v) is 3.18. The number of nitrogens with zero attached hydrogens (tertiary/aromatic N) is 1. The molecule has 0 aliphatic heterocycles. The monoisotopic (exact) mass is 434 g/mol. The number of methoxy groups -OCH3 is 1. The Morgan fingerprint density at radius 3 is 2.56 bits per heavy atom. The Balaban J connectivity index is 2.16. The van der Waals surface area contributed by atoms with Crippen LogP contribution < -0.4 is 15.1 Å². The first-order chi connectivity index (χ1) is 13.0. The number of ether oxygens (including phenoxy) is 1. The second kappa shape index (κ2) is 10.7. The van der Waals surface area contributed by atoms with Crippen molar-refractivity contribution in [1.29, 1.82) is 0 Å². The van der Waals surface area contributed by atoms with Gasteiger partial charge < -0.3 is 9.64 Å². The number of rotatable bonds is 9. The number of carbonyl (C=O) groups excluding carboxylic acids is 2. The normalized spacial score (nSPS) is 10.3. The van der Waals surface area contributed by atoms with Crippen molar-refractivity contribution in [3.8, 4) is 5.75 Å². The molecule has 0 aliphatic carbocycles. The minimum atomic E-state index is -0.446. The Morgan fingerprint density at radius 1 is 1.11 bits per heavy atom. The van der Waals surface area contributed by atoms with Crippen LogP contribution in [0, 0.1) is 0 Å². The van der Waals surface area contributed by atoms with Crippen LogP contribution in [0.15, 0.2) is 53.0 Å². The van der Waals surface area contributed by atoms with Gasteiger partial charge in [-0.1, -0.05) is 40.2 Å². The Hall–Kier alpha value is -2.38. The molecule has 0 aromatic heterocycles. The number of hydroxylamine groups is 1. The summed E-state index contributed by atoms with van der Waals surface area (Å²) < 4.78 is 6.37. The molecule has 2 aromatic rings. The highest BCUT2D eigenvalue weighted by molar-refractivity contribution is 9.10. The van der Waals surface area contributed by atoms with Crippen molar-refractivity contribution < 1.29 is 19.5 Å². The average molecular weight is 435 g/mol. The molecule has 6 nitrogen and oxygen atoms in total. The van der Waals surface area contributed by atoms with Crippen molar-refractivity contribution in [3.63, 3.8) is 0 Å². The highest BCUT2D eigenvalue weighted by atomic mass is 79.9. The molecule has 2 aromatic carbocycles. The summed E-state index contributed by atoms with van der Waals surface area (Å²) in [5.41, 5.74) is 3.30. The highest BCUT2D eigenvalue weighted by Gasteiger charge is 2.19. The average Bonchev–Trinajstić information content (AvgIpc) is 2.69. The molecule has 2 amide bonds. The third-order valence-electron chi connectivity index (χ3n) is 4.08. The second-order valence-corrected chi connectivity index (χ2v) is 6.94. The maximum absolute atomic E-state index is 12.9. The first kappa shape index (κ1) is 20.9. The molecule has 0 fully saturated rings. The fourth-order valence-electron chi connectivity index (χ4n) is 2.73. The van der Waals surface area contributed by atoms with Crippen LogP contribution in [0.2, 0.25) is 0 Å². The quantitative estimate of drug-likeness (QED) is 0.354. The first-order valence-corrected chi connectivity index (χ1v) is 9.45. The topological polar surface area (TPSA) is 78.9 Å². The standard InChI is InChI=1S/C20H23BrN2O4/c1-27-18-10-3-2-9-17(18)23(14-15-7-6-8-16(21)13-15)20(25)12-5-4-11-19(24)22-26/h2-3,6-10,13,26H,4-5,11-12,14H2,1H3,(H,22,24). The molecule has 7 heteroatoms. The SMILES string of the molecule is COc1ccccc1N(Cc1cccc(Br)c1)C(=O)CCCCC(=O)NO. The molecule has 0 saturated carbocycles. The number of anilines is 1. The number of carbonyl (C=O) groups is 2. The third kappa shape index (κ3) is 6.37. The van der Waals surface area contributed by atoms with E-state index in [1.54, 1.807) is 17.5 Å². The number of benzene rings is 2. The smallest absolute Gasteiger partial charge is 0.243 e. The van der Waals surface area contributed by atoms with E-state index in [0.717, 1.165) is 10.0 Å². The van der Waals surface area contributed by atoms with Crippen molar-refractivity contribution in [3.05, 3.63) is 58.6 Å². The van der Waals surface area contributed by atoms with Gasteiger partial charge in [-0.2, -0.15) is 0 Å². The van der Waals surface area contributed by atoms with Gasteiger partial charge in [-0.25, -0.2) is 5.48 Å². The van der Waals surface area contributed by atoms with Crippen molar-refractivity contribution >= 4 is 33.4 Å². The van der Waals surface area contributed by atoms with Gasteiger partial charge in [-0.05, 0) is 42.7 Å². The molecule has 144 valence electrons. The third-order valence-corrected chi connectivity index (χ3v) is 4.57. The Kier molecular flexibility index (Phi) is 8.29. The van der Waals surface area contributed by atoms with Crippen molar-refractivity contribution in [1.82, 2.24) is 5.48 Å². The largest absolute Gasteiger partial charge is 0.495 e. The van der Waals surface area contributed by atoms with Crippen molar-refractivity contribution in [2.45, 2.75) is 32.2 Å². The molecule has 2 rings (SSSR count). The van der Waals surface area contributed by atoms with Crippen LogP contribution in [0.3, 0.4) is 0 Å². The molecular weight excluding hydrogens is 412 g/mol. The predicted molar refractivity (Wildman–Crippen MR) is 107 cm³/mol. The van der Waals surface area contributed by atoms with Crippen molar-refractivity contribution in [2.75, 3.05) is 12.0 Å². The maximum atomic E-state index is 12.9. The van der Waals surface area contributed by atoms with Gasteiger partial charge in [0.2, 0.25) is 11.8 Å². The van der Waals surface area contributed by atoms with E-state index in [4.69, 9.17) is 9.94 Å². The van der Waals surface area contributed by atoms with Crippen LogP contribution in [0.1, 0.15) is 31.2 Å². The molecule has 0 radical (unpaired) electrons. The summed E-state index contributed by atoms with van der Waals surface area (Å²) in [6, 6.07) is 15.2. The zero-order valence-corrected chi connectivity index (χ0v) is 16.7. The van der Waals surface area contributed by atoms with E-state index in [9.17, 15) is 9.59 Å². The highest BCUT2D eigenvalue weighted by Crippen LogP contribution is 2.30. The Bertz CT molecular complexity index is 782. The summed E-state index contributed by atoms with van der Waals surface area (Å²) in [7, 11) is 1.58. The van der Waals surface area contributed by atoms with Gasteiger partial charge in [-0.3, -0.25) is 14.8 Å². The Morgan fingerprint density at radius 2 is 1.85 bits per heavy atom. The molecule has 2 N–H and O–H groups in total. The molecule has 0 spiro atoms. The van der Waals surface area contributed by atoms with Crippen LogP contribution in [0.25, 0.3) is 0 Å². The molecular formula is C20H23BrN2O4. The minimum Gasteiger partial charge on any atom is -0.495 e. The summed E-state index contributed by atoms with van der Waals surface area (Å²) in [5.74, 6) is 0.127. The summed E-state index contributed by atoms with van der Waals surface area (Å²) in [4.78, 5) is 25.7. The number of hydrogen-bond donors (Lipinski definition) is 2. The number of halogens is 1. The van der Waals surface area contributed by atoms with Gasteiger partial charge in [-0.15, -0.1) is 0 Å². The minimum absolute atomic E-state index is 0.0520. The van der Waals surface area contributed by atoms with Gasteiger partial charge in [0.15, 0.2) is 0 Å². The van der Waals surface area contributed by atoms with E-state index < -0.39 is 5.91 Å².